The highest BCUT2D eigenvalue weighted by molar-refractivity contribution is 5.93. The van der Waals surface area contributed by atoms with Gasteiger partial charge in [-0.05, 0) is 39.5 Å². The van der Waals surface area contributed by atoms with Crippen molar-refractivity contribution in [2.24, 2.45) is 5.41 Å². The lowest BCUT2D eigenvalue weighted by Gasteiger charge is -2.30. The molecule has 0 N–H and O–H groups in total. The van der Waals surface area contributed by atoms with Gasteiger partial charge in [-0.2, -0.15) is 0 Å². The van der Waals surface area contributed by atoms with Crippen molar-refractivity contribution in [3.05, 3.63) is 0 Å². The van der Waals surface area contributed by atoms with Gasteiger partial charge in [0.1, 0.15) is 0 Å². The zero-order valence-electron chi connectivity index (χ0n) is 11.1. The maximum Gasteiger partial charge on any atom is 0.304 e. The molecule has 3 heteroatoms. The fraction of sp³-hybridized carbons (Fsp3) is 0.714. The molecule has 0 aromatic rings. The first-order valence-corrected chi connectivity index (χ1v) is 6.02. The van der Waals surface area contributed by atoms with Gasteiger partial charge >= 0.3 is 5.97 Å². The molecule has 0 spiro atoms. The third-order valence-electron chi connectivity index (χ3n) is 2.59. The first kappa shape index (κ1) is 13.8. The van der Waals surface area contributed by atoms with Crippen LogP contribution < -0.4 is 0 Å². The van der Waals surface area contributed by atoms with Crippen LogP contribution in [0.1, 0.15) is 53.4 Å². The molecular weight excluding hydrogens is 216 g/mol. The van der Waals surface area contributed by atoms with Gasteiger partial charge in [0.05, 0.1) is 0 Å². The largest absolute Gasteiger partial charge is 0.438 e. The van der Waals surface area contributed by atoms with Crippen molar-refractivity contribution >= 4 is 11.8 Å². The summed E-state index contributed by atoms with van der Waals surface area (Å²) in [6, 6.07) is 0. The minimum Gasteiger partial charge on any atom is -0.438 e. The van der Waals surface area contributed by atoms with Crippen LogP contribution in [0.25, 0.3) is 0 Å². The monoisotopic (exact) mass is 236 g/mol. The summed E-state index contributed by atoms with van der Waals surface area (Å²) < 4.78 is 5.22. The predicted octanol–water partition coefficient (Wildman–Crippen LogP) is 2.48. The molecule has 94 valence electrons. The Morgan fingerprint density at radius 1 is 1.35 bits per heavy atom. The van der Waals surface area contributed by atoms with Crippen LogP contribution in [0.4, 0.5) is 0 Å². The summed E-state index contributed by atoms with van der Waals surface area (Å²) in [5, 5.41) is 0. The van der Waals surface area contributed by atoms with E-state index in [2.05, 4.69) is 11.8 Å². The van der Waals surface area contributed by atoms with E-state index in [4.69, 9.17) is 4.74 Å². The minimum atomic E-state index is -1.18. The Morgan fingerprint density at radius 2 is 2.00 bits per heavy atom. The standard InChI is InChI=1S/C14H20O3/c1-11(15)17-14(10-9-13(2,3)4)8-6-5-7-12(14)16/h5-8H2,1-4H3. The van der Waals surface area contributed by atoms with Crippen molar-refractivity contribution in [3.8, 4) is 11.8 Å². The summed E-state index contributed by atoms with van der Waals surface area (Å²) in [5.41, 5.74) is -1.39. The molecule has 0 radical (unpaired) electrons. The van der Waals surface area contributed by atoms with Crippen LogP contribution in [0, 0.1) is 17.3 Å². The Balaban J connectivity index is 3.04. The lowest BCUT2D eigenvalue weighted by molar-refractivity contribution is -0.161. The topological polar surface area (TPSA) is 43.4 Å². The van der Waals surface area contributed by atoms with Gasteiger partial charge in [-0.15, -0.1) is 0 Å². The quantitative estimate of drug-likeness (QED) is 0.519. The Kier molecular flexibility index (Phi) is 3.98. The molecule has 1 atom stereocenters. The molecule has 1 aliphatic carbocycles. The number of ketones is 1. The first-order chi connectivity index (χ1) is 7.75. The number of ether oxygens (including phenoxy) is 1. The van der Waals surface area contributed by atoms with E-state index in [1.54, 1.807) is 0 Å². The Bertz CT molecular complexity index is 378. The normalized spacial score (nSPS) is 24.8. The fourth-order valence-electron chi connectivity index (χ4n) is 1.80. The van der Waals surface area contributed by atoms with E-state index in [1.165, 1.54) is 6.92 Å². The van der Waals surface area contributed by atoms with Crippen molar-refractivity contribution in [2.75, 3.05) is 0 Å². The van der Waals surface area contributed by atoms with Gasteiger partial charge in [0.15, 0.2) is 5.78 Å². The summed E-state index contributed by atoms with van der Waals surface area (Å²) in [5.74, 6) is 5.43. The van der Waals surface area contributed by atoms with Gasteiger partial charge in [0.2, 0.25) is 5.60 Å². The summed E-state index contributed by atoms with van der Waals surface area (Å²) in [7, 11) is 0. The number of rotatable bonds is 1. The molecule has 1 fully saturated rings. The van der Waals surface area contributed by atoms with E-state index in [9.17, 15) is 9.59 Å². The average Bonchev–Trinajstić information content (AvgIpc) is 2.17. The summed E-state index contributed by atoms with van der Waals surface area (Å²) in [6.45, 7) is 7.22. The zero-order valence-corrected chi connectivity index (χ0v) is 11.1. The van der Waals surface area contributed by atoms with Gasteiger partial charge in [-0.25, -0.2) is 0 Å². The summed E-state index contributed by atoms with van der Waals surface area (Å²) >= 11 is 0. The van der Waals surface area contributed by atoms with Crippen molar-refractivity contribution < 1.29 is 14.3 Å². The SMILES string of the molecule is CC(=O)OC1(C#CC(C)(C)C)CCCCC1=O. The first-order valence-electron chi connectivity index (χ1n) is 6.02. The molecule has 3 nitrogen and oxygen atoms in total. The zero-order chi connectivity index (χ0) is 13.1. The van der Waals surface area contributed by atoms with Crippen LogP contribution in [0.15, 0.2) is 0 Å². The van der Waals surface area contributed by atoms with Gasteiger partial charge < -0.3 is 4.74 Å². The molecule has 1 aliphatic rings. The van der Waals surface area contributed by atoms with Crippen molar-refractivity contribution in [1.82, 2.24) is 0 Å². The van der Waals surface area contributed by atoms with E-state index < -0.39 is 11.6 Å². The summed E-state index contributed by atoms with van der Waals surface area (Å²) in [6.07, 6.45) is 2.71. The number of carbonyl (C=O) groups is 2. The molecule has 1 rings (SSSR count). The van der Waals surface area contributed by atoms with Crippen LogP contribution in [-0.2, 0) is 14.3 Å². The molecule has 0 saturated heterocycles. The average molecular weight is 236 g/mol. The van der Waals surface area contributed by atoms with Gasteiger partial charge in [0.25, 0.3) is 0 Å². The summed E-state index contributed by atoms with van der Waals surface area (Å²) in [4.78, 5) is 23.1. The lowest BCUT2D eigenvalue weighted by Crippen LogP contribution is -2.44. The molecule has 0 amide bonds. The van der Waals surface area contributed by atoms with Gasteiger partial charge in [0, 0.05) is 25.2 Å². The van der Waals surface area contributed by atoms with Crippen molar-refractivity contribution in [1.29, 1.82) is 0 Å². The molecule has 0 heterocycles. The van der Waals surface area contributed by atoms with Crippen LogP contribution in [-0.4, -0.2) is 17.4 Å². The molecule has 0 bridgehead atoms. The number of hydrogen-bond donors (Lipinski definition) is 0. The molecule has 0 aromatic heterocycles. The molecule has 0 aliphatic heterocycles. The van der Waals surface area contributed by atoms with E-state index in [-0.39, 0.29) is 11.2 Å². The van der Waals surface area contributed by atoms with Crippen molar-refractivity contribution in [3.63, 3.8) is 0 Å². The highest BCUT2D eigenvalue weighted by Gasteiger charge is 2.41. The second-order valence-electron chi connectivity index (χ2n) is 5.55. The van der Waals surface area contributed by atoms with E-state index in [1.807, 2.05) is 20.8 Å². The van der Waals surface area contributed by atoms with Crippen LogP contribution in [0.5, 0.6) is 0 Å². The van der Waals surface area contributed by atoms with Gasteiger partial charge in [-0.1, -0.05) is 5.92 Å². The number of hydrogen-bond acceptors (Lipinski definition) is 3. The van der Waals surface area contributed by atoms with Gasteiger partial charge in [-0.3, -0.25) is 9.59 Å². The van der Waals surface area contributed by atoms with E-state index in [0.717, 1.165) is 12.8 Å². The third kappa shape index (κ3) is 3.89. The van der Waals surface area contributed by atoms with Crippen LogP contribution in [0.3, 0.4) is 0 Å². The second-order valence-corrected chi connectivity index (χ2v) is 5.55. The second kappa shape index (κ2) is 4.91. The maximum absolute atomic E-state index is 12.0. The number of carbonyl (C=O) groups excluding carboxylic acids is 2. The van der Waals surface area contributed by atoms with Crippen molar-refractivity contribution in [2.45, 2.75) is 59.0 Å². The van der Waals surface area contributed by atoms with Crippen LogP contribution >= 0.6 is 0 Å². The Labute approximate surface area is 103 Å². The molecule has 0 aromatic carbocycles. The highest BCUT2D eigenvalue weighted by Crippen LogP contribution is 2.29. The fourth-order valence-corrected chi connectivity index (χ4v) is 1.80. The predicted molar refractivity (Wildman–Crippen MR) is 65.2 cm³/mol. The third-order valence-corrected chi connectivity index (χ3v) is 2.59. The Morgan fingerprint density at radius 3 is 2.47 bits per heavy atom. The molecule has 1 unspecified atom stereocenters. The highest BCUT2D eigenvalue weighted by atomic mass is 16.6. The Hall–Kier alpha value is -1.30. The molecule has 17 heavy (non-hydrogen) atoms. The maximum atomic E-state index is 12.0. The van der Waals surface area contributed by atoms with Crippen LogP contribution in [0.2, 0.25) is 0 Å². The van der Waals surface area contributed by atoms with E-state index >= 15 is 0 Å². The smallest absolute Gasteiger partial charge is 0.304 e. The molecule has 1 saturated carbocycles. The molecular formula is C14H20O3. The lowest BCUT2D eigenvalue weighted by atomic mass is 9.82. The minimum absolute atomic E-state index is 0.0595. The number of esters is 1. The van der Waals surface area contributed by atoms with E-state index in [0.29, 0.717) is 12.8 Å². The number of Topliss-reactive ketones (excluding diaryl/α,β-unsaturated/α-hetero) is 1.